The summed E-state index contributed by atoms with van der Waals surface area (Å²) in [5.74, 6) is -0.339. The summed E-state index contributed by atoms with van der Waals surface area (Å²) in [6.07, 6.45) is 6.28. The maximum Gasteiger partial charge on any atom is 0.306 e. The molecule has 108 valence electrons. The molecular weight excluding hydrogens is 258 g/mol. The lowest BCUT2D eigenvalue weighted by Gasteiger charge is -2.24. The maximum atomic E-state index is 12.3. The summed E-state index contributed by atoms with van der Waals surface area (Å²) in [6.45, 7) is 0. The van der Waals surface area contributed by atoms with E-state index in [1.54, 1.807) is 6.26 Å². The molecular formula is C15H19NO4. The predicted octanol–water partition coefficient (Wildman–Crippen LogP) is 2.27. The number of amides is 1. The number of hydrogen-bond donors (Lipinski definition) is 2. The Labute approximate surface area is 117 Å². The van der Waals surface area contributed by atoms with E-state index in [1.165, 1.54) is 0 Å². The lowest BCUT2D eigenvalue weighted by atomic mass is 9.92. The number of aryl methyl sites for hydroxylation is 1. The third-order valence-electron chi connectivity index (χ3n) is 4.52. The van der Waals surface area contributed by atoms with Gasteiger partial charge in [0, 0.05) is 17.9 Å². The smallest absolute Gasteiger partial charge is 0.306 e. The summed E-state index contributed by atoms with van der Waals surface area (Å²) in [5, 5.41) is 12.1. The summed E-state index contributed by atoms with van der Waals surface area (Å²) < 4.78 is 5.41. The van der Waals surface area contributed by atoms with E-state index in [4.69, 9.17) is 9.52 Å². The molecule has 1 amide bonds. The Bertz CT molecular complexity index is 522. The van der Waals surface area contributed by atoms with E-state index in [0.717, 1.165) is 30.6 Å². The number of aliphatic carboxylic acids is 1. The van der Waals surface area contributed by atoms with Crippen LogP contribution < -0.4 is 5.32 Å². The Kier molecular flexibility index (Phi) is 3.51. The fourth-order valence-electron chi connectivity index (χ4n) is 3.37. The zero-order chi connectivity index (χ0) is 14.1. The molecule has 1 aromatic rings. The summed E-state index contributed by atoms with van der Waals surface area (Å²) in [6, 6.07) is 1.95. The minimum atomic E-state index is -0.782. The van der Waals surface area contributed by atoms with Gasteiger partial charge < -0.3 is 14.8 Å². The number of nitrogens with one attached hydrogen (secondary N) is 1. The number of hydrogen-bond acceptors (Lipinski definition) is 3. The van der Waals surface area contributed by atoms with E-state index in [-0.39, 0.29) is 23.8 Å². The molecule has 3 atom stereocenters. The van der Waals surface area contributed by atoms with Gasteiger partial charge in [-0.15, -0.1) is 0 Å². The third-order valence-corrected chi connectivity index (χ3v) is 4.52. The van der Waals surface area contributed by atoms with Crippen molar-refractivity contribution in [2.24, 2.45) is 11.8 Å². The standard InChI is InChI=1S/C15H19NO4/c17-14(9-4-5-10(8-9)15(18)19)16-12-2-1-3-13-11(12)6-7-20-13/h6-7,9-10,12H,1-5,8H2,(H,16,17)(H,18,19)/t9-,10+,12?/m0/s1. The number of furan rings is 1. The largest absolute Gasteiger partial charge is 0.481 e. The average molecular weight is 277 g/mol. The molecule has 20 heavy (non-hydrogen) atoms. The number of carbonyl (C=O) groups is 2. The second kappa shape index (κ2) is 5.31. The quantitative estimate of drug-likeness (QED) is 0.888. The van der Waals surface area contributed by atoms with Crippen molar-refractivity contribution in [1.82, 2.24) is 5.32 Å². The SMILES string of the molecule is O=C(O)[C@@H]1CC[C@H](C(=O)NC2CCCc3occc32)C1. The van der Waals surface area contributed by atoms with Crippen molar-refractivity contribution in [3.63, 3.8) is 0 Å². The van der Waals surface area contributed by atoms with E-state index in [9.17, 15) is 9.59 Å². The van der Waals surface area contributed by atoms with E-state index in [2.05, 4.69) is 5.32 Å². The molecule has 0 aliphatic heterocycles. The number of carboxylic acid groups (broad SMARTS) is 1. The molecule has 1 saturated carbocycles. The Hall–Kier alpha value is -1.78. The molecule has 2 aliphatic carbocycles. The van der Waals surface area contributed by atoms with Crippen molar-refractivity contribution in [2.45, 2.75) is 44.6 Å². The predicted molar refractivity (Wildman–Crippen MR) is 71.0 cm³/mol. The van der Waals surface area contributed by atoms with Crippen LogP contribution in [0.15, 0.2) is 16.7 Å². The van der Waals surface area contributed by atoms with Crippen LogP contribution in [0.4, 0.5) is 0 Å². The normalized spacial score (nSPS) is 28.9. The van der Waals surface area contributed by atoms with Gasteiger partial charge in [-0.1, -0.05) is 0 Å². The fraction of sp³-hybridized carbons (Fsp3) is 0.600. The molecule has 5 heteroatoms. The van der Waals surface area contributed by atoms with Gasteiger partial charge in [-0.3, -0.25) is 9.59 Å². The summed E-state index contributed by atoms with van der Waals surface area (Å²) in [5.41, 5.74) is 1.08. The highest BCUT2D eigenvalue weighted by atomic mass is 16.4. The van der Waals surface area contributed by atoms with E-state index >= 15 is 0 Å². The van der Waals surface area contributed by atoms with Crippen molar-refractivity contribution >= 4 is 11.9 Å². The van der Waals surface area contributed by atoms with Gasteiger partial charge in [0.2, 0.25) is 5.91 Å². The Morgan fingerprint density at radius 3 is 2.80 bits per heavy atom. The second-order valence-corrected chi connectivity index (χ2v) is 5.80. The van der Waals surface area contributed by atoms with Crippen LogP contribution in [-0.4, -0.2) is 17.0 Å². The monoisotopic (exact) mass is 277 g/mol. The number of carboxylic acids is 1. The molecule has 5 nitrogen and oxygen atoms in total. The van der Waals surface area contributed by atoms with Gasteiger partial charge in [-0.25, -0.2) is 0 Å². The fourth-order valence-corrected chi connectivity index (χ4v) is 3.37. The summed E-state index contributed by atoms with van der Waals surface area (Å²) >= 11 is 0. The molecule has 0 spiro atoms. The molecule has 0 bridgehead atoms. The summed E-state index contributed by atoms with van der Waals surface area (Å²) in [4.78, 5) is 23.2. The minimum absolute atomic E-state index is 0.00667. The van der Waals surface area contributed by atoms with Crippen molar-refractivity contribution in [3.8, 4) is 0 Å². The number of rotatable bonds is 3. The van der Waals surface area contributed by atoms with E-state index < -0.39 is 5.97 Å². The van der Waals surface area contributed by atoms with Gasteiger partial charge in [0.05, 0.1) is 18.2 Å². The third kappa shape index (κ3) is 2.44. The van der Waals surface area contributed by atoms with Gasteiger partial charge in [0.15, 0.2) is 0 Å². The van der Waals surface area contributed by atoms with E-state index in [0.29, 0.717) is 19.3 Å². The molecule has 1 heterocycles. The van der Waals surface area contributed by atoms with Gasteiger partial charge in [-0.2, -0.15) is 0 Å². The molecule has 3 rings (SSSR count). The van der Waals surface area contributed by atoms with Crippen LogP contribution in [0.3, 0.4) is 0 Å². The number of carbonyl (C=O) groups excluding carboxylic acids is 1. The highest BCUT2D eigenvalue weighted by Gasteiger charge is 2.35. The van der Waals surface area contributed by atoms with Crippen molar-refractivity contribution < 1.29 is 19.1 Å². The number of fused-ring (bicyclic) bond motifs is 1. The topological polar surface area (TPSA) is 79.5 Å². The minimum Gasteiger partial charge on any atom is -0.481 e. The van der Waals surface area contributed by atoms with Crippen LogP contribution in [0.2, 0.25) is 0 Å². The van der Waals surface area contributed by atoms with Crippen LogP contribution in [-0.2, 0) is 16.0 Å². The highest BCUT2D eigenvalue weighted by Crippen LogP contribution is 2.34. The molecule has 0 saturated heterocycles. The molecule has 1 fully saturated rings. The first-order valence-electron chi connectivity index (χ1n) is 7.24. The van der Waals surface area contributed by atoms with Crippen LogP contribution in [0, 0.1) is 11.8 Å². The lowest BCUT2D eigenvalue weighted by Crippen LogP contribution is -2.34. The first kappa shape index (κ1) is 13.2. The summed E-state index contributed by atoms with van der Waals surface area (Å²) in [7, 11) is 0. The highest BCUT2D eigenvalue weighted by molar-refractivity contribution is 5.81. The molecule has 2 aliphatic rings. The van der Waals surface area contributed by atoms with Gasteiger partial charge in [0.1, 0.15) is 5.76 Å². The van der Waals surface area contributed by atoms with Crippen molar-refractivity contribution in [3.05, 3.63) is 23.7 Å². The lowest BCUT2D eigenvalue weighted by molar-refractivity contribution is -0.141. The molecule has 1 aromatic heterocycles. The molecule has 2 N–H and O–H groups in total. The van der Waals surface area contributed by atoms with Crippen LogP contribution >= 0.6 is 0 Å². The average Bonchev–Trinajstić information content (AvgIpc) is 3.08. The van der Waals surface area contributed by atoms with Crippen LogP contribution in [0.25, 0.3) is 0 Å². The first-order chi connectivity index (χ1) is 9.65. The Morgan fingerprint density at radius 2 is 2.05 bits per heavy atom. The molecule has 0 radical (unpaired) electrons. The Morgan fingerprint density at radius 1 is 1.25 bits per heavy atom. The first-order valence-corrected chi connectivity index (χ1v) is 7.24. The van der Waals surface area contributed by atoms with Gasteiger partial charge in [-0.05, 0) is 38.2 Å². The molecule has 1 unspecified atom stereocenters. The second-order valence-electron chi connectivity index (χ2n) is 5.80. The van der Waals surface area contributed by atoms with Crippen molar-refractivity contribution in [1.29, 1.82) is 0 Å². The Balaban J connectivity index is 1.62. The zero-order valence-corrected chi connectivity index (χ0v) is 11.3. The van der Waals surface area contributed by atoms with Crippen LogP contribution in [0.5, 0.6) is 0 Å². The van der Waals surface area contributed by atoms with Crippen molar-refractivity contribution in [2.75, 3.05) is 0 Å². The van der Waals surface area contributed by atoms with Gasteiger partial charge in [0.25, 0.3) is 0 Å². The van der Waals surface area contributed by atoms with E-state index in [1.807, 2.05) is 6.07 Å². The zero-order valence-electron chi connectivity index (χ0n) is 11.3. The maximum absolute atomic E-state index is 12.3. The molecule has 0 aromatic carbocycles. The van der Waals surface area contributed by atoms with Gasteiger partial charge >= 0.3 is 5.97 Å². The van der Waals surface area contributed by atoms with Crippen LogP contribution in [0.1, 0.15) is 49.5 Å².